The summed E-state index contributed by atoms with van der Waals surface area (Å²) in [5, 5.41) is 3.37. The second kappa shape index (κ2) is 23.3. The van der Waals surface area contributed by atoms with Crippen molar-refractivity contribution in [3.8, 4) is 11.4 Å². The van der Waals surface area contributed by atoms with Crippen molar-refractivity contribution < 1.29 is 45.4 Å². The van der Waals surface area contributed by atoms with Crippen LogP contribution in [-0.4, -0.2) is 92.0 Å². The molecule has 0 spiro atoms. The Kier molecular flexibility index (Phi) is 17.8. The van der Waals surface area contributed by atoms with E-state index in [1.165, 1.54) is 35.4 Å². The molecular weight excluding hydrogens is 992 g/mol. The number of carbonyl (C=O) groups is 2. The Morgan fingerprint density at radius 2 is 1.11 bits per heavy atom. The van der Waals surface area contributed by atoms with Gasteiger partial charge in [-0.3, -0.25) is 9.80 Å². The van der Waals surface area contributed by atoms with E-state index in [0.717, 1.165) is 40.6 Å². The third kappa shape index (κ3) is 12.1. The molecular formula is C49H55B2ClF6N12O4. The number of alkyl halides is 6. The van der Waals surface area contributed by atoms with Gasteiger partial charge in [-0.2, -0.15) is 31.3 Å². The number of hydrogen-bond donors (Lipinski definition) is 2. The van der Waals surface area contributed by atoms with Gasteiger partial charge in [-0.25, -0.2) is 34.5 Å². The normalized spacial score (nSPS) is 17.4. The summed E-state index contributed by atoms with van der Waals surface area (Å²) in [6.45, 7) is 12.6. The monoisotopic (exact) mass is 1050 g/mol. The maximum atomic E-state index is 13.1. The Labute approximate surface area is 432 Å². The first kappa shape index (κ1) is 56.6. The van der Waals surface area contributed by atoms with Gasteiger partial charge in [0.15, 0.2) is 0 Å². The van der Waals surface area contributed by atoms with Crippen molar-refractivity contribution in [1.82, 2.24) is 39.0 Å². The largest absolute Gasteiger partial charge is 0.447 e. The quantitative estimate of drug-likeness (QED) is 0.0837. The first-order valence-electron chi connectivity index (χ1n) is 23.2. The molecule has 8 heterocycles. The highest BCUT2D eigenvalue weighted by atomic mass is 35.5. The minimum absolute atomic E-state index is 0. The molecule has 0 bridgehead atoms. The van der Waals surface area contributed by atoms with Crippen molar-refractivity contribution >= 4 is 56.8 Å². The molecule has 390 valence electrons. The molecule has 10 rings (SSSR count). The van der Waals surface area contributed by atoms with Crippen LogP contribution >= 0.6 is 11.6 Å². The first-order valence-corrected chi connectivity index (χ1v) is 23.6. The smallest absolute Gasteiger partial charge is 0.416 e. The van der Waals surface area contributed by atoms with Gasteiger partial charge in [-0.15, -0.1) is 0 Å². The summed E-state index contributed by atoms with van der Waals surface area (Å²) in [4.78, 5) is 52.4. The van der Waals surface area contributed by atoms with E-state index in [0.29, 0.717) is 79.2 Å². The molecule has 74 heavy (non-hydrogen) atoms. The van der Waals surface area contributed by atoms with E-state index in [1.807, 2.05) is 50.7 Å². The number of halogens is 7. The third-order valence-corrected chi connectivity index (χ3v) is 12.9. The van der Waals surface area contributed by atoms with E-state index >= 15 is 0 Å². The van der Waals surface area contributed by atoms with Gasteiger partial charge in [0.25, 0.3) is 0 Å². The van der Waals surface area contributed by atoms with Gasteiger partial charge >= 0.3 is 24.5 Å². The van der Waals surface area contributed by atoms with Crippen LogP contribution < -0.4 is 20.9 Å². The van der Waals surface area contributed by atoms with Crippen LogP contribution in [0.1, 0.15) is 106 Å². The average molecular weight is 1050 g/mol. The Morgan fingerprint density at radius 1 is 0.662 bits per heavy atom. The highest BCUT2D eigenvalue weighted by Crippen LogP contribution is 2.37. The van der Waals surface area contributed by atoms with Crippen molar-refractivity contribution in [2.45, 2.75) is 111 Å². The molecule has 4 aromatic heterocycles. The summed E-state index contributed by atoms with van der Waals surface area (Å²) in [5.74, 6) is 1.77. The minimum Gasteiger partial charge on any atom is -0.447 e. The molecule has 0 saturated carbocycles. The summed E-state index contributed by atoms with van der Waals surface area (Å²) >= 11 is 5.70. The second-order valence-electron chi connectivity index (χ2n) is 18.2. The molecule has 0 unspecified atom stereocenters. The van der Waals surface area contributed by atoms with E-state index in [4.69, 9.17) is 26.8 Å². The molecule has 3 N–H and O–H groups in total. The van der Waals surface area contributed by atoms with E-state index in [1.54, 1.807) is 35.9 Å². The lowest BCUT2D eigenvalue weighted by atomic mass is 9.81. The molecule has 16 nitrogen and oxygen atoms in total. The number of fused-ring (bicyclic) bond motifs is 6. The number of imidazole rings is 2. The fraction of sp³-hybridized carbons (Fsp3) is 0.429. The van der Waals surface area contributed by atoms with E-state index in [2.05, 4.69) is 50.7 Å². The van der Waals surface area contributed by atoms with Crippen molar-refractivity contribution in [3.05, 3.63) is 124 Å². The number of aryl methyl sites for hydroxylation is 2. The SMILES string of the molecule is C.CC(C)[C@H]1COC(=O)N1c1ccnc(Cl)n1.CC(C)[C@H]1COC(=O)N1c1ccnc(N[C@@H](C)c2ncn3c2CCc2cc(C(F)(F)F)ccc2-3)n1.C[C@H](N)c1ncn2c1CCc1cc(C(F)(F)F)ccc1-2.[B][B]. The lowest BCUT2D eigenvalue weighted by Crippen LogP contribution is -2.37. The number of benzene rings is 2. The van der Waals surface area contributed by atoms with Crippen LogP contribution in [0.5, 0.6) is 0 Å². The molecule has 4 aliphatic heterocycles. The number of cyclic esters (lactones) is 2. The van der Waals surface area contributed by atoms with Crippen LogP contribution in [0.25, 0.3) is 11.4 Å². The lowest BCUT2D eigenvalue weighted by molar-refractivity contribution is -0.138. The molecule has 4 aliphatic rings. The highest BCUT2D eigenvalue weighted by molar-refractivity contribution is 6.75. The molecule has 4 atom stereocenters. The van der Waals surface area contributed by atoms with Crippen molar-refractivity contribution in [2.75, 3.05) is 28.3 Å². The standard InChI is InChI=1S/C24H25F3N6O2.C14H14F3N3.C10H12ClN3O2.CH4.B2/c1-13(2)19-11-35-23(34)33(19)20-8-9-28-22(31-20)30-14(3)21-18-6-4-15-10-16(24(25,26)27)5-7-17(15)32(18)12-29-21;1-8(18)13-12-4-2-9-6-10(14(15,16)17)3-5-11(9)20(12)7-19-13;1-6(2)7-5-16-10(15)14(7)8-3-4-12-9(11)13-8;;1-2/h5,7-10,12-14,19H,4,6,11H2,1-3H3,(H,28,30,31);3,5-8H,2,4,18H2,1H3;3-4,6-7H,5H2,1-2H3;1H4;/t14-,19+;8-;7-;;/m001../s1. The summed E-state index contributed by atoms with van der Waals surface area (Å²) < 4.78 is 91.4. The number of nitrogens with two attached hydrogens (primary N) is 1. The summed E-state index contributed by atoms with van der Waals surface area (Å²) in [6, 6.07) is 10.4. The molecule has 2 amide bonds. The maximum absolute atomic E-state index is 13.1. The lowest BCUT2D eigenvalue weighted by Gasteiger charge is -2.24. The van der Waals surface area contributed by atoms with Gasteiger partial charge in [0.1, 0.15) is 24.8 Å². The molecule has 25 heteroatoms. The maximum Gasteiger partial charge on any atom is 0.416 e. The van der Waals surface area contributed by atoms with Crippen LogP contribution in [-0.2, 0) is 47.5 Å². The predicted molar refractivity (Wildman–Crippen MR) is 269 cm³/mol. The molecule has 0 aliphatic carbocycles. The molecule has 4 radical (unpaired) electrons. The minimum atomic E-state index is -4.37. The van der Waals surface area contributed by atoms with Crippen LogP contribution in [0.2, 0.25) is 5.28 Å². The van der Waals surface area contributed by atoms with Gasteiger partial charge in [0.05, 0.1) is 53.3 Å². The zero-order valence-electron chi connectivity index (χ0n) is 40.6. The molecule has 6 aromatic rings. The Bertz CT molecular complexity index is 2940. The van der Waals surface area contributed by atoms with Crippen LogP contribution in [0.15, 0.2) is 73.6 Å². The molecule has 2 saturated heterocycles. The average Bonchev–Trinajstić information content (AvgIpc) is 4.17. The van der Waals surface area contributed by atoms with Crippen molar-refractivity contribution in [3.63, 3.8) is 0 Å². The molecule has 2 aromatic carbocycles. The zero-order chi connectivity index (χ0) is 53.1. The number of ether oxygens (including phenoxy) is 2. The fourth-order valence-electron chi connectivity index (χ4n) is 8.99. The topological polar surface area (TPSA) is 184 Å². The molecule has 2 fully saturated rings. The number of anilines is 3. The van der Waals surface area contributed by atoms with Gasteiger partial charge in [-0.05, 0) is 123 Å². The number of carbonyl (C=O) groups excluding carboxylic acids is 2. The number of rotatable bonds is 8. The third-order valence-electron chi connectivity index (χ3n) is 12.7. The zero-order valence-corrected chi connectivity index (χ0v) is 41.4. The van der Waals surface area contributed by atoms with Crippen molar-refractivity contribution in [2.24, 2.45) is 17.6 Å². The Hall–Kier alpha value is -6.68. The van der Waals surface area contributed by atoms with Crippen LogP contribution in [0.4, 0.5) is 53.5 Å². The van der Waals surface area contributed by atoms with E-state index < -0.39 is 29.6 Å². The number of nitrogens with one attached hydrogen (secondary N) is 1. The van der Waals surface area contributed by atoms with Crippen LogP contribution in [0.3, 0.4) is 0 Å². The van der Waals surface area contributed by atoms with Gasteiger partial charge < -0.3 is 29.7 Å². The van der Waals surface area contributed by atoms with E-state index in [9.17, 15) is 35.9 Å². The number of aromatic nitrogens is 8. The second-order valence-corrected chi connectivity index (χ2v) is 18.5. The number of nitrogens with zero attached hydrogens (tertiary/aromatic N) is 10. The number of amides is 2. The van der Waals surface area contributed by atoms with Gasteiger partial charge in [-0.1, -0.05) is 35.1 Å². The van der Waals surface area contributed by atoms with Crippen LogP contribution in [0, 0.1) is 11.8 Å². The number of hydrogen-bond acceptors (Lipinski definition) is 12. The summed E-state index contributed by atoms with van der Waals surface area (Å²) in [5.41, 5.74) is 10.9. The van der Waals surface area contributed by atoms with Crippen molar-refractivity contribution in [1.29, 1.82) is 0 Å². The predicted octanol–water partition coefficient (Wildman–Crippen LogP) is 9.93. The van der Waals surface area contributed by atoms with Gasteiger partial charge in [0, 0.05) is 56.7 Å². The summed E-state index contributed by atoms with van der Waals surface area (Å²) in [6.07, 6.45) is -0.828. The fourth-order valence-corrected chi connectivity index (χ4v) is 9.13. The summed E-state index contributed by atoms with van der Waals surface area (Å²) in [7, 11) is 8.00. The Morgan fingerprint density at radius 3 is 1.55 bits per heavy atom. The van der Waals surface area contributed by atoms with Gasteiger partial charge in [0.2, 0.25) is 11.2 Å². The Balaban J connectivity index is 0.000000193. The highest BCUT2D eigenvalue weighted by Gasteiger charge is 2.39. The van der Waals surface area contributed by atoms with E-state index in [-0.39, 0.29) is 48.9 Å². The first-order chi connectivity index (χ1) is 34.6.